The van der Waals surface area contributed by atoms with Crippen LogP contribution in [0, 0.1) is 0 Å². The molecule has 7 heteroatoms. The summed E-state index contributed by atoms with van der Waals surface area (Å²) in [4.78, 5) is 13.6. The van der Waals surface area contributed by atoms with Gasteiger partial charge in [-0.1, -0.05) is 6.07 Å². The van der Waals surface area contributed by atoms with Gasteiger partial charge in [-0.25, -0.2) is 13.2 Å². The van der Waals surface area contributed by atoms with Crippen molar-refractivity contribution in [2.24, 2.45) is 4.99 Å². The molecule has 0 atom stereocenters. The number of nitrogens with zero attached hydrogens (tertiary/aromatic N) is 1. The van der Waals surface area contributed by atoms with Gasteiger partial charge in [0.2, 0.25) is 6.08 Å². The smallest absolute Gasteiger partial charge is 0.261 e. The Morgan fingerprint density at radius 3 is 2.48 bits per heavy atom. The molecule has 0 aromatic heterocycles. The number of rotatable bonds is 5. The van der Waals surface area contributed by atoms with Crippen LogP contribution < -0.4 is 9.46 Å². The van der Waals surface area contributed by atoms with Crippen LogP contribution >= 0.6 is 0 Å². The van der Waals surface area contributed by atoms with Crippen molar-refractivity contribution in [1.82, 2.24) is 0 Å². The van der Waals surface area contributed by atoms with E-state index >= 15 is 0 Å². The fraction of sp³-hybridized carbons (Fsp3) is 0.0714. The number of sulfonamides is 1. The molecule has 0 amide bonds. The average Bonchev–Trinajstić information content (AvgIpc) is 2.48. The number of hydrogen-bond acceptors (Lipinski definition) is 5. The Morgan fingerprint density at radius 2 is 1.86 bits per heavy atom. The van der Waals surface area contributed by atoms with Gasteiger partial charge in [0.15, 0.2) is 0 Å². The summed E-state index contributed by atoms with van der Waals surface area (Å²) in [5, 5.41) is 0. The second-order valence-electron chi connectivity index (χ2n) is 4.03. The number of nitrogens with one attached hydrogen (secondary N) is 1. The molecule has 6 nitrogen and oxygen atoms in total. The highest BCUT2D eigenvalue weighted by Gasteiger charge is 2.14. The van der Waals surface area contributed by atoms with Gasteiger partial charge in [-0.2, -0.15) is 4.99 Å². The summed E-state index contributed by atoms with van der Waals surface area (Å²) in [5.41, 5.74) is 0.627. The van der Waals surface area contributed by atoms with Gasteiger partial charge in [-0.05, 0) is 42.5 Å². The number of aliphatic imine (C=N–C) groups is 1. The Labute approximate surface area is 122 Å². The molecule has 1 N–H and O–H groups in total. The maximum atomic E-state index is 12.2. The number of hydrogen-bond donors (Lipinski definition) is 1. The van der Waals surface area contributed by atoms with E-state index in [0.29, 0.717) is 11.4 Å². The van der Waals surface area contributed by atoms with E-state index in [1.165, 1.54) is 37.5 Å². The van der Waals surface area contributed by atoms with Crippen molar-refractivity contribution in [3.05, 3.63) is 48.5 Å². The predicted octanol–water partition coefficient (Wildman–Crippen LogP) is 2.46. The van der Waals surface area contributed by atoms with Crippen LogP contribution in [-0.2, 0) is 14.8 Å². The Kier molecular flexibility index (Phi) is 4.37. The molecule has 0 aliphatic rings. The first-order valence-corrected chi connectivity index (χ1v) is 7.38. The summed E-state index contributed by atoms with van der Waals surface area (Å²) in [6.45, 7) is 0. The van der Waals surface area contributed by atoms with Crippen molar-refractivity contribution in [2.45, 2.75) is 4.90 Å². The van der Waals surface area contributed by atoms with Gasteiger partial charge in [0.1, 0.15) is 5.75 Å². The average molecular weight is 304 g/mol. The molecule has 0 aliphatic carbocycles. The molecule has 2 aromatic rings. The van der Waals surface area contributed by atoms with Gasteiger partial charge in [-0.3, -0.25) is 4.72 Å². The van der Waals surface area contributed by atoms with Gasteiger partial charge >= 0.3 is 0 Å². The van der Waals surface area contributed by atoms with Crippen LogP contribution in [0.3, 0.4) is 0 Å². The van der Waals surface area contributed by atoms with Crippen LogP contribution in [0.4, 0.5) is 11.4 Å². The summed E-state index contributed by atoms with van der Waals surface area (Å²) >= 11 is 0. The first-order valence-electron chi connectivity index (χ1n) is 5.90. The van der Waals surface area contributed by atoms with Gasteiger partial charge in [-0.15, -0.1) is 0 Å². The zero-order valence-electron chi connectivity index (χ0n) is 11.1. The number of carbonyl (C=O) groups excluding carboxylic acids is 1. The summed E-state index contributed by atoms with van der Waals surface area (Å²) in [7, 11) is -2.23. The number of anilines is 1. The zero-order chi connectivity index (χ0) is 15.3. The highest BCUT2D eigenvalue weighted by atomic mass is 32.2. The van der Waals surface area contributed by atoms with E-state index in [4.69, 9.17) is 4.74 Å². The number of methoxy groups -OCH3 is 1. The molecule has 2 rings (SSSR count). The van der Waals surface area contributed by atoms with Crippen LogP contribution in [0.1, 0.15) is 0 Å². The Balaban J connectivity index is 2.28. The van der Waals surface area contributed by atoms with E-state index in [1.807, 2.05) is 0 Å². The molecule has 21 heavy (non-hydrogen) atoms. The van der Waals surface area contributed by atoms with E-state index < -0.39 is 10.0 Å². The van der Waals surface area contributed by atoms with Crippen molar-refractivity contribution < 1.29 is 17.9 Å². The minimum atomic E-state index is -3.75. The van der Waals surface area contributed by atoms with Crippen LogP contribution in [0.5, 0.6) is 5.75 Å². The Bertz CT molecular complexity index is 779. The van der Waals surface area contributed by atoms with Crippen molar-refractivity contribution in [1.29, 1.82) is 0 Å². The van der Waals surface area contributed by atoms with Gasteiger partial charge in [0, 0.05) is 5.69 Å². The first-order chi connectivity index (χ1) is 10.0. The maximum absolute atomic E-state index is 12.2. The second kappa shape index (κ2) is 6.21. The molecular weight excluding hydrogens is 292 g/mol. The SMILES string of the molecule is COc1ccc(NS(=O)(=O)c2cccc(N=C=O)c2)cc1. The quantitative estimate of drug-likeness (QED) is 0.679. The number of ether oxygens (including phenoxy) is 1. The van der Waals surface area contributed by atoms with Crippen molar-refractivity contribution >= 4 is 27.5 Å². The largest absolute Gasteiger partial charge is 0.497 e. The third-order valence-corrected chi connectivity index (χ3v) is 4.02. The Hall–Kier alpha value is -2.63. The van der Waals surface area contributed by atoms with Gasteiger partial charge < -0.3 is 4.74 Å². The topological polar surface area (TPSA) is 84.8 Å². The minimum Gasteiger partial charge on any atom is -0.497 e. The first kappa shape index (κ1) is 14.8. The third kappa shape index (κ3) is 3.68. The molecule has 0 aliphatic heterocycles. The lowest BCUT2D eigenvalue weighted by molar-refractivity contribution is 0.415. The van der Waals surface area contributed by atoms with E-state index in [1.54, 1.807) is 24.3 Å². The van der Waals surface area contributed by atoms with E-state index in [0.717, 1.165) is 0 Å². The van der Waals surface area contributed by atoms with Crippen LogP contribution in [-0.4, -0.2) is 21.6 Å². The number of isocyanates is 1. The fourth-order valence-electron chi connectivity index (χ4n) is 1.65. The van der Waals surface area contributed by atoms with Crippen LogP contribution in [0.15, 0.2) is 58.4 Å². The van der Waals surface area contributed by atoms with Crippen molar-refractivity contribution in [2.75, 3.05) is 11.8 Å². The predicted molar refractivity (Wildman–Crippen MR) is 78.0 cm³/mol. The third-order valence-electron chi connectivity index (χ3n) is 2.64. The molecular formula is C14H12N2O4S. The molecule has 108 valence electrons. The number of benzene rings is 2. The van der Waals surface area contributed by atoms with Gasteiger partial charge in [0.05, 0.1) is 17.7 Å². The highest BCUT2D eigenvalue weighted by molar-refractivity contribution is 7.92. The van der Waals surface area contributed by atoms with Crippen LogP contribution in [0.2, 0.25) is 0 Å². The van der Waals surface area contributed by atoms with E-state index in [-0.39, 0.29) is 10.6 Å². The van der Waals surface area contributed by atoms with E-state index in [9.17, 15) is 13.2 Å². The zero-order valence-corrected chi connectivity index (χ0v) is 11.9. The minimum absolute atomic E-state index is 0.00909. The molecule has 0 spiro atoms. The summed E-state index contributed by atoms with van der Waals surface area (Å²) in [5.74, 6) is 0.625. The Morgan fingerprint density at radius 1 is 1.14 bits per heavy atom. The normalized spacial score (nSPS) is 10.5. The van der Waals surface area contributed by atoms with Crippen molar-refractivity contribution in [3.8, 4) is 5.75 Å². The molecule has 0 saturated heterocycles. The highest BCUT2D eigenvalue weighted by Crippen LogP contribution is 2.22. The molecule has 0 heterocycles. The maximum Gasteiger partial charge on any atom is 0.261 e. The van der Waals surface area contributed by atoms with E-state index in [2.05, 4.69) is 9.71 Å². The molecule has 0 bridgehead atoms. The second-order valence-corrected chi connectivity index (χ2v) is 5.72. The summed E-state index contributed by atoms with van der Waals surface area (Å²) in [6, 6.07) is 12.2. The monoisotopic (exact) mass is 304 g/mol. The summed E-state index contributed by atoms with van der Waals surface area (Å²) < 4.78 is 31.9. The lowest BCUT2D eigenvalue weighted by Crippen LogP contribution is -2.12. The molecule has 0 saturated carbocycles. The van der Waals surface area contributed by atoms with Crippen LogP contribution in [0.25, 0.3) is 0 Å². The molecule has 0 radical (unpaired) electrons. The molecule has 2 aromatic carbocycles. The lowest BCUT2D eigenvalue weighted by Gasteiger charge is -2.09. The molecule has 0 fully saturated rings. The molecule has 0 unspecified atom stereocenters. The van der Waals surface area contributed by atoms with Crippen molar-refractivity contribution in [3.63, 3.8) is 0 Å². The van der Waals surface area contributed by atoms with Gasteiger partial charge in [0.25, 0.3) is 10.0 Å². The lowest BCUT2D eigenvalue weighted by atomic mass is 10.3. The standard InChI is InChI=1S/C14H12N2O4S/c1-20-13-7-5-11(6-8-13)16-21(18,19)14-4-2-3-12(9-14)15-10-17/h2-9,16H,1H3. The fourth-order valence-corrected chi connectivity index (χ4v) is 2.74. The summed E-state index contributed by atoms with van der Waals surface area (Å²) in [6.07, 6.45) is 1.37.